The van der Waals surface area contributed by atoms with E-state index < -0.39 is 0 Å². The Balaban J connectivity index is 2.11. The number of hydrogen-bond acceptors (Lipinski definition) is 2. The molecular formula is C8H10Cl2O2. The fourth-order valence-corrected chi connectivity index (χ4v) is 3.24. The minimum absolute atomic E-state index is 0.0278. The summed E-state index contributed by atoms with van der Waals surface area (Å²) in [5.41, 5.74) is 0. The maximum atomic E-state index is 11.2. The number of carbonyl (C=O) groups excluding carboxylic acids is 1. The molecule has 3 aliphatic carbocycles. The standard InChI is InChI=1S/C8H10Cl2O2/c1-12-8(11)5-3-2-4(5)7(10)6(3)9/h3-7H,2H2,1H3/t3-,4+,5?,6-,7-/m0/s1. The quantitative estimate of drug-likeness (QED) is 0.484. The smallest absolute Gasteiger partial charge is 0.309 e. The highest BCUT2D eigenvalue weighted by molar-refractivity contribution is 6.31. The van der Waals surface area contributed by atoms with Gasteiger partial charge in [-0.05, 0) is 18.3 Å². The molecule has 0 aliphatic heterocycles. The predicted molar refractivity (Wildman–Crippen MR) is 46.4 cm³/mol. The normalized spacial score (nSPS) is 50.1. The van der Waals surface area contributed by atoms with E-state index in [2.05, 4.69) is 4.74 Å². The molecule has 68 valence electrons. The van der Waals surface area contributed by atoms with Crippen LogP contribution in [0, 0.1) is 17.8 Å². The van der Waals surface area contributed by atoms with Crippen molar-refractivity contribution >= 4 is 29.2 Å². The molecule has 3 aliphatic rings. The van der Waals surface area contributed by atoms with Gasteiger partial charge in [0.05, 0.1) is 23.8 Å². The number of ether oxygens (including phenoxy) is 1. The van der Waals surface area contributed by atoms with Gasteiger partial charge < -0.3 is 4.74 Å². The Hall–Kier alpha value is 0.0500. The average Bonchev–Trinajstić information content (AvgIpc) is 2.39. The van der Waals surface area contributed by atoms with Crippen LogP contribution in [0.25, 0.3) is 0 Å². The van der Waals surface area contributed by atoms with Crippen LogP contribution in [0.3, 0.4) is 0 Å². The highest BCUT2D eigenvalue weighted by Crippen LogP contribution is 2.58. The van der Waals surface area contributed by atoms with Gasteiger partial charge in [-0.15, -0.1) is 23.2 Å². The molecule has 0 heterocycles. The maximum absolute atomic E-state index is 11.2. The number of hydrogen-bond donors (Lipinski definition) is 0. The summed E-state index contributed by atoms with van der Waals surface area (Å²) in [5, 5.41) is -0.0819. The molecule has 3 saturated carbocycles. The molecule has 0 radical (unpaired) electrons. The van der Waals surface area contributed by atoms with Crippen LogP contribution in [0.15, 0.2) is 0 Å². The Bertz CT molecular complexity index is 205. The van der Waals surface area contributed by atoms with Crippen LogP contribution in [0.2, 0.25) is 0 Å². The Morgan fingerprint density at radius 2 is 1.83 bits per heavy atom. The SMILES string of the molecule is COC(=O)C1[C@H]2C[C@@H]1[C@H](Cl)[C@H]2Cl. The van der Waals surface area contributed by atoms with Gasteiger partial charge in [0, 0.05) is 0 Å². The fraction of sp³-hybridized carbons (Fsp3) is 0.875. The molecule has 5 atom stereocenters. The first-order valence-corrected chi connectivity index (χ1v) is 4.90. The molecule has 3 rings (SSSR count). The van der Waals surface area contributed by atoms with Crippen molar-refractivity contribution in [3.8, 4) is 0 Å². The molecule has 4 heteroatoms. The second kappa shape index (κ2) is 2.78. The van der Waals surface area contributed by atoms with Gasteiger partial charge in [-0.2, -0.15) is 0 Å². The number of esters is 1. The van der Waals surface area contributed by atoms with Gasteiger partial charge in [-0.25, -0.2) is 0 Å². The monoisotopic (exact) mass is 208 g/mol. The van der Waals surface area contributed by atoms with Crippen molar-refractivity contribution in [2.45, 2.75) is 17.2 Å². The third-order valence-electron chi connectivity index (χ3n) is 3.06. The molecule has 0 amide bonds. The third-order valence-corrected chi connectivity index (χ3v) is 4.38. The lowest BCUT2D eigenvalue weighted by Crippen LogP contribution is -2.37. The lowest BCUT2D eigenvalue weighted by Gasteiger charge is -2.33. The lowest BCUT2D eigenvalue weighted by atomic mass is 9.72. The van der Waals surface area contributed by atoms with Gasteiger partial charge in [-0.3, -0.25) is 4.79 Å². The van der Waals surface area contributed by atoms with Crippen molar-refractivity contribution in [3.63, 3.8) is 0 Å². The molecule has 0 aromatic rings. The highest BCUT2D eigenvalue weighted by Gasteiger charge is 2.61. The zero-order valence-corrected chi connectivity index (χ0v) is 8.18. The number of fused-ring (bicyclic) bond motifs is 1. The minimum Gasteiger partial charge on any atom is -0.469 e. The Labute approximate surface area is 81.2 Å². The van der Waals surface area contributed by atoms with E-state index in [1.54, 1.807) is 0 Å². The molecule has 1 unspecified atom stereocenters. The maximum Gasteiger partial charge on any atom is 0.309 e. The van der Waals surface area contributed by atoms with Gasteiger partial charge in [-0.1, -0.05) is 0 Å². The first kappa shape index (κ1) is 8.64. The number of carbonyl (C=O) groups is 1. The summed E-state index contributed by atoms with van der Waals surface area (Å²) in [5.74, 6) is 0.336. The average molecular weight is 209 g/mol. The number of rotatable bonds is 1. The summed E-state index contributed by atoms with van der Waals surface area (Å²) >= 11 is 12.0. The van der Waals surface area contributed by atoms with E-state index >= 15 is 0 Å². The second-order valence-electron chi connectivity index (χ2n) is 3.50. The van der Waals surface area contributed by atoms with E-state index in [1.807, 2.05) is 0 Å². The van der Waals surface area contributed by atoms with Crippen LogP contribution in [0.4, 0.5) is 0 Å². The van der Waals surface area contributed by atoms with E-state index in [9.17, 15) is 4.79 Å². The van der Waals surface area contributed by atoms with E-state index in [1.165, 1.54) is 7.11 Å². The van der Waals surface area contributed by atoms with Crippen molar-refractivity contribution in [1.29, 1.82) is 0 Å². The van der Waals surface area contributed by atoms with Crippen molar-refractivity contribution < 1.29 is 9.53 Å². The predicted octanol–water partition coefficient (Wildman–Crippen LogP) is 1.64. The van der Waals surface area contributed by atoms with Crippen molar-refractivity contribution in [2.24, 2.45) is 17.8 Å². The molecule has 0 saturated heterocycles. The molecule has 2 nitrogen and oxygen atoms in total. The largest absolute Gasteiger partial charge is 0.469 e. The fourth-order valence-electron chi connectivity index (χ4n) is 2.34. The number of halogens is 2. The van der Waals surface area contributed by atoms with E-state index in [-0.39, 0.29) is 34.5 Å². The van der Waals surface area contributed by atoms with Gasteiger partial charge in [0.25, 0.3) is 0 Å². The zero-order chi connectivity index (χ0) is 8.88. The van der Waals surface area contributed by atoms with Gasteiger partial charge in [0.15, 0.2) is 0 Å². The van der Waals surface area contributed by atoms with Gasteiger partial charge in [0.1, 0.15) is 0 Å². The first-order valence-electron chi connectivity index (χ1n) is 4.02. The van der Waals surface area contributed by atoms with Crippen molar-refractivity contribution in [1.82, 2.24) is 0 Å². The van der Waals surface area contributed by atoms with Crippen LogP contribution in [-0.2, 0) is 9.53 Å². The van der Waals surface area contributed by atoms with Crippen LogP contribution in [0.5, 0.6) is 0 Å². The minimum atomic E-state index is -0.148. The second-order valence-corrected chi connectivity index (χ2v) is 4.51. The molecule has 0 spiro atoms. The molecule has 0 N–H and O–H groups in total. The molecule has 0 aromatic heterocycles. The van der Waals surface area contributed by atoms with Crippen LogP contribution >= 0.6 is 23.2 Å². The third kappa shape index (κ3) is 0.912. The van der Waals surface area contributed by atoms with E-state index in [0.717, 1.165) is 6.42 Å². The molecular weight excluding hydrogens is 199 g/mol. The van der Waals surface area contributed by atoms with Crippen molar-refractivity contribution in [2.75, 3.05) is 7.11 Å². The molecule has 0 aromatic carbocycles. The Morgan fingerprint density at radius 1 is 1.33 bits per heavy atom. The summed E-state index contributed by atoms with van der Waals surface area (Å²) in [6.07, 6.45) is 0.988. The Kier molecular flexibility index (Phi) is 2.00. The van der Waals surface area contributed by atoms with Crippen LogP contribution in [0.1, 0.15) is 6.42 Å². The van der Waals surface area contributed by atoms with Gasteiger partial charge >= 0.3 is 5.97 Å². The number of methoxy groups -OCH3 is 1. The Morgan fingerprint density at radius 3 is 2.17 bits per heavy atom. The topological polar surface area (TPSA) is 26.3 Å². The van der Waals surface area contributed by atoms with Crippen LogP contribution < -0.4 is 0 Å². The summed E-state index contributed by atoms with van der Waals surface area (Å²) in [6.45, 7) is 0. The van der Waals surface area contributed by atoms with Gasteiger partial charge in [0.2, 0.25) is 0 Å². The van der Waals surface area contributed by atoms with E-state index in [0.29, 0.717) is 0 Å². The van der Waals surface area contributed by atoms with Crippen LogP contribution in [-0.4, -0.2) is 23.8 Å². The summed E-state index contributed by atoms with van der Waals surface area (Å²) in [4.78, 5) is 11.2. The molecule has 12 heavy (non-hydrogen) atoms. The highest BCUT2D eigenvalue weighted by atomic mass is 35.5. The molecule has 3 fully saturated rings. The summed E-state index contributed by atoms with van der Waals surface area (Å²) < 4.78 is 4.68. The lowest BCUT2D eigenvalue weighted by molar-refractivity contribution is -0.152. The molecule has 2 bridgehead atoms. The zero-order valence-electron chi connectivity index (χ0n) is 6.67. The van der Waals surface area contributed by atoms with Crippen molar-refractivity contribution in [3.05, 3.63) is 0 Å². The first-order chi connectivity index (χ1) is 5.66. The number of alkyl halides is 2. The summed E-state index contributed by atoms with van der Waals surface area (Å²) in [7, 11) is 1.41. The summed E-state index contributed by atoms with van der Waals surface area (Å²) in [6, 6.07) is 0. The van der Waals surface area contributed by atoms with E-state index in [4.69, 9.17) is 23.2 Å².